The molecule has 1 aliphatic carbocycles. The molecule has 0 saturated carbocycles. The third-order valence-electron chi connectivity index (χ3n) is 2.80. The second kappa shape index (κ2) is 3.53. The molecule has 0 saturated heterocycles. The second-order valence-corrected chi connectivity index (χ2v) is 4.28. The molecular weight excluding hydrogens is 156 g/mol. The average Bonchev–Trinajstić information content (AvgIpc) is 2.48. The average molecular weight is 173 g/mol. The normalized spacial score (nSPS) is 20.7. The highest BCUT2D eigenvalue weighted by molar-refractivity contribution is 5.36. The Bertz CT molecular complexity index is 286. The molecule has 0 N–H and O–H groups in total. The van der Waals surface area contributed by atoms with Crippen LogP contribution in [0.25, 0.3) is 0 Å². The highest BCUT2D eigenvalue weighted by Gasteiger charge is 2.22. The van der Waals surface area contributed by atoms with Crippen molar-refractivity contribution in [1.29, 1.82) is 0 Å². The first kappa shape index (κ1) is 8.80. The minimum Gasteiger partial charge on any atom is -0.0625 e. The highest BCUT2D eigenvalue weighted by Crippen LogP contribution is 2.36. The maximum Gasteiger partial charge on any atom is -0.0122 e. The standard InChI is InChI=1S/C13H17/c1-10(2)9-12-8-7-11-5-3-4-6-13(11)12/h3-6,9-10,12H,7-8H2,1-2H3. The predicted molar refractivity (Wildman–Crippen MR) is 56.6 cm³/mol. The Labute approximate surface area is 81.0 Å². The molecule has 1 unspecified atom stereocenters. The number of hydrogen-bond donors (Lipinski definition) is 0. The summed E-state index contributed by atoms with van der Waals surface area (Å²) in [4.78, 5) is 0. The molecule has 1 aromatic rings. The van der Waals surface area contributed by atoms with Gasteiger partial charge < -0.3 is 0 Å². The Morgan fingerprint density at radius 2 is 2.08 bits per heavy atom. The molecular formula is C13H17. The van der Waals surface area contributed by atoms with Crippen LogP contribution in [0.2, 0.25) is 0 Å². The highest BCUT2D eigenvalue weighted by atomic mass is 14.3. The molecule has 0 fully saturated rings. The van der Waals surface area contributed by atoms with Gasteiger partial charge in [0, 0.05) is 0 Å². The molecule has 0 aliphatic heterocycles. The first-order valence-electron chi connectivity index (χ1n) is 5.20. The van der Waals surface area contributed by atoms with Gasteiger partial charge in [0.15, 0.2) is 0 Å². The Morgan fingerprint density at radius 3 is 2.85 bits per heavy atom. The van der Waals surface area contributed by atoms with E-state index < -0.39 is 0 Å². The zero-order valence-electron chi connectivity index (χ0n) is 8.46. The lowest BCUT2D eigenvalue weighted by atomic mass is 9.92. The number of hydrogen-bond acceptors (Lipinski definition) is 0. The van der Waals surface area contributed by atoms with Crippen molar-refractivity contribution < 1.29 is 0 Å². The molecule has 1 atom stereocenters. The predicted octanol–water partition coefficient (Wildman–Crippen LogP) is 3.58. The Balaban J connectivity index is 2.18. The van der Waals surface area contributed by atoms with E-state index >= 15 is 0 Å². The van der Waals surface area contributed by atoms with Gasteiger partial charge in [0.1, 0.15) is 0 Å². The summed E-state index contributed by atoms with van der Waals surface area (Å²) in [6.07, 6.45) is 5.06. The van der Waals surface area contributed by atoms with Gasteiger partial charge in [-0.15, -0.1) is 0 Å². The van der Waals surface area contributed by atoms with E-state index in [0.717, 1.165) is 5.92 Å². The lowest BCUT2D eigenvalue weighted by molar-refractivity contribution is 0.635. The lowest BCUT2D eigenvalue weighted by Gasteiger charge is -2.13. The molecule has 1 aliphatic rings. The van der Waals surface area contributed by atoms with Gasteiger partial charge >= 0.3 is 0 Å². The van der Waals surface area contributed by atoms with Crippen molar-refractivity contribution in [2.75, 3.05) is 0 Å². The third kappa shape index (κ3) is 1.77. The van der Waals surface area contributed by atoms with Crippen LogP contribution < -0.4 is 0 Å². The van der Waals surface area contributed by atoms with Crippen molar-refractivity contribution in [2.24, 2.45) is 5.92 Å². The number of rotatable bonds is 2. The smallest absolute Gasteiger partial charge is 0.0122 e. The molecule has 0 spiro atoms. The molecule has 1 radical (unpaired) electrons. The van der Waals surface area contributed by atoms with E-state index in [1.807, 2.05) is 0 Å². The summed E-state index contributed by atoms with van der Waals surface area (Å²) >= 11 is 0. The summed E-state index contributed by atoms with van der Waals surface area (Å²) in [6.45, 7) is 4.53. The van der Waals surface area contributed by atoms with Crippen LogP contribution in [0.4, 0.5) is 0 Å². The van der Waals surface area contributed by atoms with E-state index in [-0.39, 0.29) is 0 Å². The Hall–Kier alpha value is -0.780. The fourth-order valence-electron chi connectivity index (χ4n) is 2.25. The fourth-order valence-corrected chi connectivity index (χ4v) is 2.25. The zero-order chi connectivity index (χ0) is 9.26. The van der Waals surface area contributed by atoms with Crippen LogP contribution in [0.3, 0.4) is 0 Å². The van der Waals surface area contributed by atoms with Crippen molar-refractivity contribution in [1.82, 2.24) is 0 Å². The first-order valence-corrected chi connectivity index (χ1v) is 5.20. The van der Waals surface area contributed by atoms with Gasteiger partial charge in [-0.3, -0.25) is 0 Å². The van der Waals surface area contributed by atoms with Crippen molar-refractivity contribution >= 4 is 0 Å². The molecule has 0 aromatic heterocycles. The van der Waals surface area contributed by atoms with Crippen LogP contribution in [0.1, 0.15) is 37.3 Å². The monoisotopic (exact) mass is 173 g/mol. The van der Waals surface area contributed by atoms with E-state index in [4.69, 9.17) is 0 Å². The summed E-state index contributed by atoms with van der Waals surface area (Å²) < 4.78 is 0. The fraction of sp³-hybridized carbons (Fsp3) is 0.462. The maximum atomic E-state index is 2.48. The molecule has 0 heterocycles. The SMILES string of the molecule is CC(C)[CH]C1CCc2ccccc21. The molecule has 2 rings (SSSR count). The molecule has 1 aromatic carbocycles. The summed E-state index contributed by atoms with van der Waals surface area (Å²) in [5, 5.41) is 0. The van der Waals surface area contributed by atoms with Crippen LogP contribution in [-0.4, -0.2) is 0 Å². The Morgan fingerprint density at radius 1 is 1.31 bits per heavy atom. The maximum absolute atomic E-state index is 2.48. The second-order valence-electron chi connectivity index (χ2n) is 4.28. The third-order valence-corrected chi connectivity index (χ3v) is 2.80. The summed E-state index contributed by atoms with van der Waals surface area (Å²) in [7, 11) is 0. The largest absolute Gasteiger partial charge is 0.0625 e. The van der Waals surface area contributed by atoms with E-state index in [9.17, 15) is 0 Å². The number of benzene rings is 1. The van der Waals surface area contributed by atoms with Crippen molar-refractivity contribution in [3.8, 4) is 0 Å². The zero-order valence-corrected chi connectivity index (χ0v) is 8.46. The topological polar surface area (TPSA) is 0 Å². The van der Waals surface area contributed by atoms with Crippen LogP contribution in [0.5, 0.6) is 0 Å². The molecule has 69 valence electrons. The van der Waals surface area contributed by atoms with E-state index in [1.165, 1.54) is 12.8 Å². The summed E-state index contributed by atoms with van der Waals surface area (Å²) in [5.41, 5.74) is 3.13. The molecule has 0 heteroatoms. The van der Waals surface area contributed by atoms with Crippen LogP contribution >= 0.6 is 0 Å². The van der Waals surface area contributed by atoms with Crippen molar-refractivity contribution in [3.05, 3.63) is 41.8 Å². The van der Waals surface area contributed by atoms with Gasteiger partial charge in [-0.05, 0) is 42.2 Å². The molecule has 0 bridgehead atoms. The van der Waals surface area contributed by atoms with Gasteiger partial charge in [0.05, 0.1) is 0 Å². The summed E-state index contributed by atoms with van der Waals surface area (Å²) in [5.74, 6) is 1.42. The van der Waals surface area contributed by atoms with Crippen LogP contribution in [-0.2, 0) is 6.42 Å². The minimum atomic E-state index is 0.705. The molecule has 13 heavy (non-hydrogen) atoms. The van der Waals surface area contributed by atoms with Crippen molar-refractivity contribution in [2.45, 2.75) is 32.6 Å². The number of fused-ring (bicyclic) bond motifs is 1. The van der Waals surface area contributed by atoms with E-state index in [2.05, 4.69) is 44.5 Å². The van der Waals surface area contributed by atoms with Gasteiger partial charge in [0.25, 0.3) is 0 Å². The summed E-state index contributed by atoms with van der Waals surface area (Å²) in [6, 6.07) is 8.86. The Kier molecular flexibility index (Phi) is 2.39. The van der Waals surface area contributed by atoms with Gasteiger partial charge in [-0.2, -0.15) is 0 Å². The molecule has 0 nitrogen and oxygen atoms in total. The van der Waals surface area contributed by atoms with Gasteiger partial charge in [-0.25, -0.2) is 0 Å². The van der Waals surface area contributed by atoms with Crippen LogP contribution in [0, 0.1) is 12.3 Å². The number of aryl methyl sites for hydroxylation is 1. The van der Waals surface area contributed by atoms with E-state index in [1.54, 1.807) is 11.1 Å². The van der Waals surface area contributed by atoms with Gasteiger partial charge in [0.2, 0.25) is 0 Å². The molecule has 0 amide bonds. The lowest BCUT2D eigenvalue weighted by Crippen LogP contribution is -1.99. The quantitative estimate of drug-likeness (QED) is 0.641. The van der Waals surface area contributed by atoms with Crippen LogP contribution in [0.15, 0.2) is 24.3 Å². The first-order chi connectivity index (χ1) is 6.27. The van der Waals surface area contributed by atoms with E-state index in [0.29, 0.717) is 5.92 Å². The van der Waals surface area contributed by atoms with Gasteiger partial charge in [-0.1, -0.05) is 38.1 Å². The van der Waals surface area contributed by atoms with Crippen molar-refractivity contribution in [3.63, 3.8) is 0 Å². The minimum absolute atomic E-state index is 0.705.